The Morgan fingerprint density at radius 1 is 1.25 bits per heavy atom. The van der Waals surface area contributed by atoms with E-state index in [1.165, 1.54) is 11.3 Å². The molecule has 16 heavy (non-hydrogen) atoms. The minimum Gasteiger partial charge on any atom is -0.306 e. The van der Waals surface area contributed by atoms with E-state index in [1.807, 2.05) is 0 Å². The smallest absolute Gasteiger partial charge is 0.266 e. The first kappa shape index (κ1) is 11.4. The summed E-state index contributed by atoms with van der Waals surface area (Å²) in [4.78, 5) is 16.2. The molecule has 0 atom stereocenters. The van der Waals surface area contributed by atoms with E-state index in [4.69, 9.17) is 23.2 Å². The predicted octanol–water partition coefficient (Wildman–Crippen LogP) is 3.70. The first-order valence-corrected chi connectivity index (χ1v) is 5.91. The maximum Gasteiger partial charge on any atom is 0.266 e. The molecule has 1 N–H and O–H groups in total. The minimum absolute atomic E-state index is 0.244. The molecule has 2 aromatic rings. The van der Waals surface area contributed by atoms with Gasteiger partial charge >= 0.3 is 0 Å². The number of nitrogens with zero attached hydrogens (tertiary/aromatic N) is 1. The van der Waals surface area contributed by atoms with Crippen LogP contribution in [0.25, 0.3) is 0 Å². The van der Waals surface area contributed by atoms with Crippen molar-refractivity contribution in [2.45, 2.75) is 0 Å². The highest BCUT2D eigenvalue weighted by molar-refractivity contribution is 7.18. The molecule has 1 amide bonds. The second-order valence-corrected chi connectivity index (χ2v) is 5.01. The molecular formula is C10H6Cl2N2OS. The Labute approximate surface area is 106 Å². The molecule has 6 heteroatoms. The van der Waals surface area contributed by atoms with Crippen LogP contribution in [0.4, 0.5) is 5.82 Å². The average Bonchev–Trinajstić information content (AvgIpc) is 2.65. The van der Waals surface area contributed by atoms with E-state index in [2.05, 4.69) is 10.3 Å². The number of carbonyl (C=O) groups is 1. The van der Waals surface area contributed by atoms with Gasteiger partial charge in [0.25, 0.3) is 5.91 Å². The Bertz CT molecular complexity index is 527. The lowest BCUT2D eigenvalue weighted by Crippen LogP contribution is -2.11. The largest absolute Gasteiger partial charge is 0.306 e. The summed E-state index contributed by atoms with van der Waals surface area (Å²) in [5, 5.41) is 2.96. The summed E-state index contributed by atoms with van der Waals surface area (Å²) < 4.78 is 0.573. The van der Waals surface area contributed by atoms with Crippen molar-refractivity contribution in [3.63, 3.8) is 0 Å². The lowest BCUT2D eigenvalue weighted by Gasteiger charge is -2.01. The van der Waals surface area contributed by atoms with E-state index in [0.717, 1.165) is 0 Å². The van der Waals surface area contributed by atoms with Crippen molar-refractivity contribution >= 4 is 46.3 Å². The monoisotopic (exact) mass is 272 g/mol. The number of hydrogen-bond acceptors (Lipinski definition) is 3. The molecule has 0 aromatic carbocycles. The normalized spacial score (nSPS) is 10.1. The van der Waals surface area contributed by atoms with E-state index < -0.39 is 0 Å². The van der Waals surface area contributed by atoms with Crippen molar-refractivity contribution in [3.8, 4) is 0 Å². The SMILES string of the molecule is O=C(Nc1cccc(Cl)n1)c1ccc(Cl)s1. The maximum absolute atomic E-state index is 11.7. The molecule has 82 valence electrons. The molecule has 0 spiro atoms. The van der Waals surface area contributed by atoms with Gasteiger partial charge in [0.05, 0.1) is 9.21 Å². The van der Waals surface area contributed by atoms with Crippen molar-refractivity contribution in [1.29, 1.82) is 0 Å². The van der Waals surface area contributed by atoms with E-state index in [-0.39, 0.29) is 5.91 Å². The van der Waals surface area contributed by atoms with E-state index in [0.29, 0.717) is 20.2 Å². The zero-order valence-corrected chi connectivity index (χ0v) is 10.2. The van der Waals surface area contributed by atoms with Crippen LogP contribution in [0.2, 0.25) is 9.49 Å². The third kappa shape index (κ3) is 2.72. The Morgan fingerprint density at radius 3 is 2.69 bits per heavy atom. The van der Waals surface area contributed by atoms with Gasteiger partial charge in [-0.1, -0.05) is 29.3 Å². The highest BCUT2D eigenvalue weighted by Crippen LogP contribution is 2.22. The van der Waals surface area contributed by atoms with Gasteiger partial charge in [-0.2, -0.15) is 0 Å². The molecule has 0 unspecified atom stereocenters. The van der Waals surface area contributed by atoms with Crippen molar-refractivity contribution in [3.05, 3.63) is 44.7 Å². The standard InChI is InChI=1S/C10H6Cl2N2OS/c11-7-2-1-3-9(13-7)14-10(15)6-4-5-8(12)16-6/h1-5H,(H,13,14,15). The van der Waals surface area contributed by atoms with Crippen LogP contribution in [0.1, 0.15) is 9.67 Å². The molecule has 0 radical (unpaired) electrons. The van der Waals surface area contributed by atoms with Gasteiger partial charge in [-0.15, -0.1) is 11.3 Å². The Morgan fingerprint density at radius 2 is 2.06 bits per heavy atom. The summed E-state index contributed by atoms with van der Waals surface area (Å²) in [6.45, 7) is 0. The summed E-state index contributed by atoms with van der Waals surface area (Å²) in [6.07, 6.45) is 0. The van der Waals surface area contributed by atoms with Crippen LogP contribution in [0.5, 0.6) is 0 Å². The topological polar surface area (TPSA) is 42.0 Å². The molecule has 0 saturated heterocycles. The molecule has 2 rings (SSSR count). The molecule has 2 aromatic heterocycles. The number of carbonyl (C=O) groups excluding carboxylic acids is 1. The maximum atomic E-state index is 11.7. The van der Waals surface area contributed by atoms with Crippen LogP contribution in [0.15, 0.2) is 30.3 Å². The number of halogens is 2. The lowest BCUT2D eigenvalue weighted by molar-refractivity contribution is 0.103. The second-order valence-electron chi connectivity index (χ2n) is 2.90. The molecule has 2 heterocycles. The van der Waals surface area contributed by atoms with Crippen molar-refractivity contribution in [2.24, 2.45) is 0 Å². The minimum atomic E-state index is -0.244. The van der Waals surface area contributed by atoms with Gasteiger partial charge in [0, 0.05) is 0 Å². The Balaban J connectivity index is 2.13. The van der Waals surface area contributed by atoms with Crippen molar-refractivity contribution in [1.82, 2.24) is 4.98 Å². The summed E-state index contributed by atoms with van der Waals surface area (Å²) >= 11 is 12.6. The summed E-state index contributed by atoms with van der Waals surface area (Å²) in [6, 6.07) is 8.35. The van der Waals surface area contributed by atoms with Crippen LogP contribution in [0.3, 0.4) is 0 Å². The van der Waals surface area contributed by atoms with Crippen molar-refractivity contribution in [2.75, 3.05) is 5.32 Å². The molecule has 0 saturated carbocycles. The number of thiophene rings is 1. The number of rotatable bonds is 2. The van der Waals surface area contributed by atoms with E-state index in [9.17, 15) is 4.79 Å². The van der Waals surface area contributed by atoms with Gasteiger partial charge < -0.3 is 5.32 Å². The molecule has 0 fully saturated rings. The third-order valence-electron chi connectivity index (χ3n) is 1.75. The van der Waals surface area contributed by atoms with Crippen LogP contribution < -0.4 is 5.32 Å². The zero-order chi connectivity index (χ0) is 11.5. The fraction of sp³-hybridized carbons (Fsp3) is 0. The fourth-order valence-corrected chi connectivity index (χ4v) is 2.19. The molecule has 0 aliphatic heterocycles. The molecule has 0 aliphatic carbocycles. The van der Waals surface area contributed by atoms with Gasteiger partial charge in [-0.25, -0.2) is 4.98 Å². The number of aromatic nitrogens is 1. The first-order valence-electron chi connectivity index (χ1n) is 4.34. The third-order valence-corrected chi connectivity index (χ3v) is 3.19. The average molecular weight is 273 g/mol. The highest BCUT2D eigenvalue weighted by atomic mass is 35.5. The van der Waals surface area contributed by atoms with E-state index >= 15 is 0 Å². The number of nitrogens with one attached hydrogen (secondary N) is 1. The molecule has 0 bridgehead atoms. The van der Waals surface area contributed by atoms with Crippen LogP contribution >= 0.6 is 34.5 Å². The van der Waals surface area contributed by atoms with Gasteiger partial charge in [-0.3, -0.25) is 4.79 Å². The van der Waals surface area contributed by atoms with Crippen LogP contribution in [-0.2, 0) is 0 Å². The van der Waals surface area contributed by atoms with Crippen molar-refractivity contribution < 1.29 is 4.79 Å². The molecular weight excluding hydrogens is 267 g/mol. The van der Waals surface area contributed by atoms with Crippen LogP contribution in [-0.4, -0.2) is 10.9 Å². The molecule has 0 aliphatic rings. The Hall–Kier alpha value is -1.10. The number of pyridine rings is 1. The number of amides is 1. The summed E-state index contributed by atoms with van der Waals surface area (Å²) in [5.74, 6) is 0.175. The first-order chi connectivity index (χ1) is 7.65. The predicted molar refractivity (Wildman–Crippen MR) is 66.5 cm³/mol. The van der Waals surface area contributed by atoms with Gasteiger partial charge in [0.15, 0.2) is 0 Å². The summed E-state index contributed by atoms with van der Waals surface area (Å²) in [7, 11) is 0. The lowest BCUT2D eigenvalue weighted by atomic mass is 10.4. The zero-order valence-electron chi connectivity index (χ0n) is 7.91. The molecule has 3 nitrogen and oxygen atoms in total. The van der Waals surface area contributed by atoms with Gasteiger partial charge in [0.2, 0.25) is 0 Å². The van der Waals surface area contributed by atoms with E-state index in [1.54, 1.807) is 30.3 Å². The fourth-order valence-electron chi connectivity index (χ4n) is 1.09. The Kier molecular flexibility index (Phi) is 3.43. The quantitative estimate of drug-likeness (QED) is 0.847. The van der Waals surface area contributed by atoms with Gasteiger partial charge in [-0.05, 0) is 24.3 Å². The number of anilines is 1. The number of hydrogen-bond donors (Lipinski definition) is 1. The van der Waals surface area contributed by atoms with Crippen LogP contribution in [0, 0.1) is 0 Å². The second kappa shape index (κ2) is 4.82. The summed E-state index contributed by atoms with van der Waals surface area (Å²) in [5.41, 5.74) is 0. The highest BCUT2D eigenvalue weighted by Gasteiger charge is 2.09. The van der Waals surface area contributed by atoms with Gasteiger partial charge in [0.1, 0.15) is 11.0 Å².